The minimum Gasteiger partial charge on any atom is -0.467 e. The Morgan fingerprint density at radius 2 is 2.00 bits per heavy atom. The second-order valence-corrected chi connectivity index (χ2v) is 8.16. The Labute approximate surface area is 151 Å². The molecule has 1 fully saturated rings. The van der Waals surface area contributed by atoms with Crippen molar-refractivity contribution in [3.8, 4) is 0 Å². The second kappa shape index (κ2) is 6.96. The lowest BCUT2D eigenvalue weighted by Crippen LogP contribution is -2.40. The fraction of sp³-hybridized carbons (Fsp3) is 0.368. The summed E-state index contributed by atoms with van der Waals surface area (Å²) in [5.74, 6) is 1.22. The van der Waals surface area contributed by atoms with Crippen LogP contribution in [0.3, 0.4) is 0 Å². The molecule has 1 N–H and O–H groups in total. The van der Waals surface area contributed by atoms with E-state index in [-0.39, 0.29) is 22.7 Å². The first-order valence-electron chi connectivity index (χ1n) is 8.19. The molecule has 1 aromatic heterocycles. The van der Waals surface area contributed by atoms with Gasteiger partial charge in [-0.05, 0) is 50.6 Å². The monoisotopic (exact) mass is 358 g/mol. The van der Waals surface area contributed by atoms with Gasteiger partial charge in [-0.25, -0.2) is 0 Å². The Hall–Kier alpha value is -2.21. The van der Waals surface area contributed by atoms with E-state index in [0.29, 0.717) is 17.9 Å². The van der Waals surface area contributed by atoms with Crippen LogP contribution in [0.25, 0.3) is 0 Å². The van der Waals surface area contributed by atoms with Crippen molar-refractivity contribution in [3.05, 3.63) is 59.5 Å². The highest BCUT2D eigenvalue weighted by molar-refractivity contribution is 8.00. The maximum absolute atomic E-state index is 12.2. The van der Waals surface area contributed by atoms with E-state index in [9.17, 15) is 9.59 Å². The van der Waals surface area contributed by atoms with Gasteiger partial charge in [0, 0.05) is 11.1 Å². The van der Waals surface area contributed by atoms with Crippen molar-refractivity contribution < 1.29 is 14.0 Å². The lowest BCUT2D eigenvalue weighted by Gasteiger charge is -2.24. The number of rotatable bonds is 4. The van der Waals surface area contributed by atoms with Gasteiger partial charge in [-0.1, -0.05) is 12.1 Å². The molecule has 0 bridgehead atoms. The molecule has 1 aromatic carbocycles. The number of amides is 2. The molecule has 0 radical (unpaired) electrons. The summed E-state index contributed by atoms with van der Waals surface area (Å²) in [5, 5.41) is 2.89. The topological polar surface area (TPSA) is 62.6 Å². The van der Waals surface area contributed by atoms with Crippen LogP contribution in [0.2, 0.25) is 0 Å². The molecule has 3 rings (SSSR count). The molecule has 25 heavy (non-hydrogen) atoms. The van der Waals surface area contributed by atoms with Crippen molar-refractivity contribution in [3.63, 3.8) is 0 Å². The minimum atomic E-state index is -0.274. The average Bonchev–Trinajstić information content (AvgIpc) is 3.17. The van der Waals surface area contributed by atoms with Gasteiger partial charge in [0.05, 0.1) is 18.6 Å². The first-order valence-corrected chi connectivity index (χ1v) is 9.24. The number of benzene rings is 1. The van der Waals surface area contributed by atoms with E-state index in [0.717, 1.165) is 11.3 Å². The smallest absolute Gasteiger partial charge is 0.251 e. The van der Waals surface area contributed by atoms with E-state index in [2.05, 4.69) is 5.32 Å². The van der Waals surface area contributed by atoms with Crippen molar-refractivity contribution >= 4 is 23.6 Å². The van der Waals surface area contributed by atoms with Gasteiger partial charge in [0.15, 0.2) is 0 Å². The Bertz CT molecular complexity index is 748. The zero-order valence-corrected chi connectivity index (χ0v) is 15.4. The first kappa shape index (κ1) is 17.6. The Morgan fingerprint density at radius 1 is 1.28 bits per heavy atom. The van der Waals surface area contributed by atoms with Crippen molar-refractivity contribution in [2.75, 3.05) is 5.75 Å². The van der Waals surface area contributed by atoms with Crippen molar-refractivity contribution in [2.45, 2.75) is 38.2 Å². The van der Waals surface area contributed by atoms with Crippen LogP contribution in [0.15, 0.2) is 47.1 Å². The minimum absolute atomic E-state index is 0.0580. The Morgan fingerprint density at radius 3 is 2.60 bits per heavy atom. The molecule has 0 saturated carbocycles. The largest absolute Gasteiger partial charge is 0.467 e. The van der Waals surface area contributed by atoms with Crippen LogP contribution >= 0.6 is 11.8 Å². The van der Waals surface area contributed by atoms with Crippen LogP contribution in [-0.4, -0.2) is 28.0 Å². The molecule has 0 spiro atoms. The van der Waals surface area contributed by atoms with E-state index in [4.69, 9.17) is 4.42 Å². The molecule has 1 aliphatic heterocycles. The van der Waals surface area contributed by atoms with Crippen molar-refractivity contribution in [1.82, 2.24) is 10.2 Å². The van der Waals surface area contributed by atoms with Crippen LogP contribution in [0.5, 0.6) is 0 Å². The molecular weight excluding hydrogens is 336 g/mol. The highest BCUT2D eigenvalue weighted by atomic mass is 32.2. The molecule has 6 heteroatoms. The third kappa shape index (κ3) is 4.25. The molecule has 1 saturated heterocycles. The molecule has 2 aromatic rings. The number of carbonyl (C=O) groups is 2. The third-order valence-electron chi connectivity index (χ3n) is 3.82. The molecule has 0 unspecified atom stereocenters. The summed E-state index contributed by atoms with van der Waals surface area (Å²) < 4.78 is 5.37. The van der Waals surface area contributed by atoms with E-state index < -0.39 is 0 Å². The highest BCUT2D eigenvalue weighted by Crippen LogP contribution is 2.39. The van der Waals surface area contributed by atoms with Gasteiger partial charge in [-0.3, -0.25) is 9.59 Å². The van der Waals surface area contributed by atoms with Crippen molar-refractivity contribution in [2.24, 2.45) is 0 Å². The summed E-state index contributed by atoms with van der Waals surface area (Å²) in [5.41, 5.74) is 1.35. The lowest BCUT2D eigenvalue weighted by atomic mass is 10.1. The van der Waals surface area contributed by atoms with E-state index >= 15 is 0 Å². The Kier molecular flexibility index (Phi) is 4.90. The van der Waals surface area contributed by atoms with Crippen LogP contribution in [0.4, 0.5) is 0 Å². The molecule has 2 amide bonds. The summed E-state index contributed by atoms with van der Waals surface area (Å²) in [4.78, 5) is 26.3. The summed E-state index contributed by atoms with van der Waals surface area (Å²) in [6.45, 7) is 6.31. The maximum atomic E-state index is 12.2. The summed E-state index contributed by atoms with van der Waals surface area (Å²) in [6.07, 6.45) is 1.61. The van der Waals surface area contributed by atoms with E-state index in [1.807, 2.05) is 62.1 Å². The number of furan rings is 1. The molecule has 1 aliphatic rings. The maximum Gasteiger partial charge on any atom is 0.251 e. The van der Waals surface area contributed by atoms with Gasteiger partial charge in [0.2, 0.25) is 5.91 Å². The van der Waals surface area contributed by atoms with Gasteiger partial charge in [-0.15, -0.1) is 11.8 Å². The predicted molar refractivity (Wildman–Crippen MR) is 98.1 cm³/mol. The Balaban J connectivity index is 1.74. The second-order valence-electron chi connectivity index (χ2n) is 7.09. The van der Waals surface area contributed by atoms with Crippen LogP contribution < -0.4 is 5.32 Å². The van der Waals surface area contributed by atoms with Crippen molar-refractivity contribution in [1.29, 1.82) is 0 Å². The SMILES string of the molecule is CC(C)(C)NC(=O)c1ccc([C@H]2SCC(=O)N2Cc2ccco2)cc1. The summed E-state index contributed by atoms with van der Waals surface area (Å²) >= 11 is 1.59. The number of hydrogen-bond donors (Lipinski definition) is 1. The number of nitrogens with one attached hydrogen (secondary N) is 1. The zero-order chi connectivity index (χ0) is 18.0. The van der Waals surface area contributed by atoms with Gasteiger partial charge in [0.1, 0.15) is 11.1 Å². The number of carbonyl (C=O) groups excluding carboxylic acids is 2. The summed E-state index contributed by atoms with van der Waals surface area (Å²) in [7, 11) is 0. The first-order chi connectivity index (χ1) is 11.8. The fourth-order valence-electron chi connectivity index (χ4n) is 2.68. The zero-order valence-electron chi connectivity index (χ0n) is 14.6. The number of thioether (sulfide) groups is 1. The average molecular weight is 358 g/mol. The fourth-order valence-corrected chi connectivity index (χ4v) is 3.87. The molecule has 132 valence electrons. The normalized spacial score (nSPS) is 17.8. The van der Waals surface area contributed by atoms with E-state index in [1.165, 1.54) is 0 Å². The number of nitrogens with zero attached hydrogens (tertiary/aromatic N) is 1. The molecule has 1 atom stereocenters. The molecular formula is C19H22N2O3S. The van der Waals surface area contributed by atoms with Gasteiger partial charge in [-0.2, -0.15) is 0 Å². The molecule has 5 nitrogen and oxygen atoms in total. The van der Waals surface area contributed by atoms with Crippen LogP contribution in [0, 0.1) is 0 Å². The lowest BCUT2D eigenvalue weighted by molar-refractivity contribution is -0.128. The van der Waals surface area contributed by atoms with Crippen LogP contribution in [0.1, 0.15) is 47.8 Å². The van der Waals surface area contributed by atoms with Gasteiger partial charge < -0.3 is 14.6 Å². The molecule has 2 heterocycles. The van der Waals surface area contributed by atoms with Crippen LogP contribution in [-0.2, 0) is 11.3 Å². The molecule has 0 aliphatic carbocycles. The number of hydrogen-bond acceptors (Lipinski definition) is 4. The standard InChI is InChI=1S/C19H22N2O3S/c1-19(2,3)20-17(23)13-6-8-14(9-7-13)18-21(16(22)12-25-18)11-15-5-4-10-24-15/h4-10,18H,11-12H2,1-3H3,(H,20,23)/t18-/m1/s1. The summed E-state index contributed by atoms with van der Waals surface area (Å²) in [6, 6.07) is 11.1. The predicted octanol–water partition coefficient (Wildman–Crippen LogP) is 3.58. The van der Waals surface area contributed by atoms with Gasteiger partial charge in [0.25, 0.3) is 5.91 Å². The van der Waals surface area contributed by atoms with E-state index in [1.54, 1.807) is 18.0 Å². The third-order valence-corrected chi connectivity index (χ3v) is 5.08. The highest BCUT2D eigenvalue weighted by Gasteiger charge is 2.33. The van der Waals surface area contributed by atoms with Gasteiger partial charge >= 0.3 is 0 Å². The quantitative estimate of drug-likeness (QED) is 0.907.